The summed E-state index contributed by atoms with van der Waals surface area (Å²) >= 11 is 0. The zero-order chi connectivity index (χ0) is 12.7. The first-order valence-corrected chi connectivity index (χ1v) is 5.45. The van der Waals surface area contributed by atoms with E-state index < -0.39 is 6.03 Å². The molecule has 0 saturated carbocycles. The number of hydrogen-bond donors (Lipinski definition) is 2. The van der Waals surface area contributed by atoms with E-state index in [9.17, 15) is 4.79 Å². The van der Waals surface area contributed by atoms with Crippen LogP contribution in [0.1, 0.15) is 18.5 Å². The highest BCUT2D eigenvalue weighted by molar-refractivity contribution is 5.72. The van der Waals surface area contributed by atoms with Gasteiger partial charge in [-0.2, -0.15) is 0 Å². The number of methoxy groups -OCH3 is 1. The summed E-state index contributed by atoms with van der Waals surface area (Å²) in [6.07, 6.45) is 0. The number of carbonyl (C=O) groups excluding carboxylic acids is 1. The first-order chi connectivity index (χ1) is 8.17. The smallest absolute Gasteiger partial charge is 0.312 e. The summed E-state index contributed by atoms with van der Waals surface area (Å²) in [5.41, 5.74) is 6.03. The second-order valence-corrected chi connectivity index (χ2v) is 3.52. The van der Waals surface area contributed by atoms with Crippen LogP contribution >= 0.6 is 0 Å². The number of carbonyl (C=O) groups is 1. The van der Waals surface area contributed by atoms with Crippen molar-refractivity contribution in [3.8, 4) is 5.75 Å². The van der Waals surface area contributed by atoms with Crippen molar-refractivity contribution in [2.45, 2.75) is 13.0 Å². The Morgan fingerprint density at radius 3 is 2.53 bits per heavy atom. The molecule has 0 saturated heterocycles. The summed E-state index contributed by atoms with van der Waals surface area (Å²) in [6.45, 7) is 2.92. The summed E-state index contributed by atoms with van der Waals surface area (Å²) in [4.78, 5) is 10.9. The average molecular weight is 238 g/mol. The Morgan fingerprint density at radius 2 is 2.06 bits per heavy atom. The van der Waals surface area contributed by atoms with Gasteiger partial charge in [0.25, 0.3) is 0 Å². The van der Waals surface area contributed by atoms with Crippen molar-refractivity contribution in [1.82, 2.24) is 5.32 Å². The van der Waals surface area contributed by atoms with Crippen LogP contribution in [-0.2, 0) is 4.74 Å². The molecular weight excluding hydrogens is 220 g/mol. The van der Waals surface area contributed by atoms with Crippen LogP contribution in [0.25, 0.3) is 0 Å². The van der Waals surface area contributed by atoms with Crippen LogP contribution in [0.5, 0.6) is 5.75 Å². The summed E-state index contributed by atoms with van der Waals surface area (Å²) in [7, 11) is 1.57. The van der Waals surface area contributed by atoms with E-state index in [-0.39, 0.29) is 6.04 Å². The van der Waals surface area contributed by atoms with E-state index in [0.29, 0.717) is 13.2 Å². The zero-order valence-electron chi connectivity index (χ0n) is 10.1. The lowest BCUT2D eigenvalue weighted by Crippen LogP contribution is -2.35. The molecule has 0 bridgehead atoms. The van der Waals surface area contributed by atoms with Crippen LogP contribution in [0.4, 0.5) is 4.79 Å². The molecule has 5 nitrogen and oxygen atoms in total. The molecular formula is C12H18N2O3. The molecule has 1 atom stereocenters. The monoisotopic (exact) mass is 238 g/mol. The lowest BCUT2D eigenvalue weighted by Gasteiger charge is -2.17. The van der Waals surface area contributed by atoms with Crippen molar-refractivity contribution in [2.75, 3.05) is 20.3 Å². The first-order valence-electron chi connectivity index (χ1n) is 5.45. The largest absolute Gasteiger partial charge is 0.494 e. The second-order valence-electron chi connectivity index (χ2n) is 3.52. The van der Waals surface area contributed by atoms with Gasteiger partial charge in [0.15, 0.2) is 0 Å². The Balaban J connectivity index is 2.75. The van der Waals surface area contributed by atoms with Crippen LogP contribution in [0.2, 0.25) is 0 Å². The Kier molecular flexibility index (Phi) is 5.29. The van der Waals surface area contributed by atoms with E-state index in [1.807, 2.05) is 31.2 Å². The standard InChI is InChI=1S/C12H18N2O3/c1-3-17-10-6-4-9(5-7-10)11(8-16-2)14-12(13)15/h4-7,11H,3,8H2,1-2H3,(H3,13,14,15)/t11-/m0/s1. The fourth-order valence-corrected chi connectivity index (χ4v) is 1.52. The fraction of sp³-hybridized carbons (Fsp3) is 0.417. The number of hydrogen-bond acceptors (Lipinski definition) is 3. The topological polar surface area (TPSA) is 73.6 Å². The number of primary amides is 1. The zero-order valence-corrected chi connectivity index (χ0v) is 10.1. The van der Waals surface area contributed by atoms with E-state index in [0.717, 1.165) is 11.3 Å². The molecule has 0 unspecified atom stereocenters. The van der Waals surface area contributed by atoms with E-state index in [1.54, 1.807) is 7.11 Å². The van der Waals surface area contributed by atoms with Gasteiger partial charge in [-0.25, -0.2) is 4.79 Å². The minimum atomic E-state index is -0.569. The maximum Gasteiger partial charge on any atom is 0.312 e. The minimum Gasteiger partial charge on any atom is -0.494 e. The third kappa shape index (κ3) is 4.32. The van der Waals surface area contributed by atoms with Gasteiger partial charge in [0.2, 0.25) is 0 Å². The maximum absolute atomic E-state index is 10.9. The Hall–Kier alpha value is -1.75. The molecule has 1 aromatic carbocycles. The average Bonchev–Trinajstić information content (AvgIpc) is 2.29. The van der Waals surface area contributed by atoms with Gasteiger partial charge in [0.1, 0.15) is 5.75 Å². The molecule has 1 aromatic rings. The molecule has 94 valence electrons. The Bertz CT molecular complexity index is 351. The second kappa shape index (κ2) is 6.75. The summed E-state index contributed by atoms with van der Waals surface area (Å²) in [6, 6.07) is 6.65. The van der Waals surface area contributed by atoms with Crippen molar-refractivity contribution >= 4 is 6.03 Å². The van der Waals surface area contributed by atoms with Crippen LogP contribution in [-0.4, -0.2) is 26.4 Å². The minimum absolute atomic E-state index is 0.242. The van der Waals surface area contributed by atoms with Gasteiger partial charge in [-0.1, -0.05) is 12.1 Å². The van der Waals surface area contributed by atoms with E-state index in [2.05, 4.69) is 5.32 Å². The number of rotatable bonds is 6. The molecule has 3 N–H and O–H groups in total. The van der Waals surface area contributed by atoms with Gasteiger partial charge in [-0.15, -0.1) is 0 Å². The molecule has 0 aliphatic rings. The molecule has 0 aromatic heterocycles. The number of nitrogens with one attached hydrogen (secondary N) is 1. The number of urea groups is 1. The molecule has 0 aliphatic carbocycles. The molecule has 0 radical (unpaired) electrons. The Morgan fingerprint density at radius 1 is 1.41 bits per heavy atom. The van der Waals surface area contributed by atoms with Gasteiger partial charge in [0, 0.05) is 7.11 Å². The highest BCUT2D eigenvalue weighted by Crippen LogP contribution is 2.18. The molecule has 17 heavy (non-hydrogen) atoms. The third-order valence-corrected chi connectivity index (χ3v) is 2.24. The molecule has 0 spiro atoms. The highest BCUT2D eigenvalue weighted by atomic mass is 16.5. The van der Waals surface area contributed by atoms with Gasteiger partial charge in [-0.05, 0) is 24.6 Å². The SMILES string of the molecule is CCOc1ccc([C@H](COC)NC(N)=O)cc1. The summed E-state index contributed by atoms with van der Waals surface area (Å²) < 4.78 is 10.4. The van der Waals surface area contributed by atoms with Gasteiger partial charge in [-0.3, -0.25) is 0 Å². The van der Waals surface area contributed by atoms with Crippen molar-refractivity contribution in [3.63, 3.8) is 0 Å². The molecule has 0 fully saturated rings. The van der Waals surface area contributed by atoms with Gasteiger partial charge < -0.3 is 20.5 Å². The predicted molar refractivity (Wildman–Crippen MR) is 64.9 cm³/mol. The Labute approximate surface area is 101 Å². The van der Waals surface area contributed by atoms with E-state index in [1.165, 1.54) is 0 Å². The molecule has 1 rings (SSSR count). The third-order valence-electron chi connectivity index (χ3n) is 2.24. The van der Waals surface area contributed by atoms with Crippen LogP contribution in [0, 0.1) is 0 Å². The molecule has 2 amide bonds. The van der Waals surface area contributed by atoms with Crippen molar-refractivity contribution < 1.29 is 14.3 Å². The van der Waals surface area contributed by atoms with Crippen LogP contribution in [0.3, 0.4) is 0 Å². The quantitative estimate of drug-likeness (QED) is 0.787. The van der Waals surface area contributed by atoms with E-state index in [4.69, 9.17) is 15.2 Å². The fourth-order valence-electron chi connectivity index (χ4n) is 1.52. The van der Waals surface area contributed by atoms with Crippen molar-refractivity contribution in [1.29, 1.82) is 0 Å². The number of ether oxygens (including phenoxy) is 2. The normalized spacial score (nSPS) is 11.9. The van der Waals surface area contributed by atoms with Crippen LogP contribution in [0.15, 0.2) is 24.3 Å². The first kappa shape index (κ1) is 13.3. The lowest BCUT2D eigenvalue weighted by molar-refractivity contribution is 0.167. The van der Waals surface area contributed by atoms with Crippen molar-refractivity contribution in [3.05, 3.63) is 29.8 Å². The van der Waals surface area contributed by atoms with Crippen LogP contribution < -0.4 is 15.8 Å². The number of nitrogens with two attached hydrogens (primary N) is 1. The molecule has 0 aliphatic heterocycles. The summed E-state index contributed by atoms with van der Waals surface area (Å²) in [5.74, 6) is 0.798. The molecule has 0 heterocycles. The number of amides is 2. The van der Waals surface area contributed by atoms with E-state index >= 15 is 0 Å². The van der Waals surface area contributed by atoms with Crippen molar-refractivity contribution in [2.24, 2.45) is 5.73 Å². The predicted octanol–water partition coefficient (Wildman–Crippen LogP) is 1.44. The molecule has 5 heteroatoms. The maximum atomic E-state index is 10.9. The van der Waals surface area contributed by atoms with Gasteiger partial charge >= 0.3 is 6.03 Å². The van der Waals surface area contributed by atoms with Gasteiger partial charge in [0.05, 0.1) is 19.3 Å². The summed E-state index contributed by atoms with van der Waals surface area (Å²) in [5, 5.41) is 2.62. The number of benzene rings is 1. The highest BCUT2D eigenvalue weighted by Gasteiger charge is 2.12. The lowest BCUT2D eigenvalue weighted by atomic mass is 10.1.